The number of hydrogen-bond acceptors (Lipinski definition) is 4. The number of ether oxygens (including phenoxy) is 1. The third-order valence-electron chi connectivity index (χ3n) is 3.34. The number of aryl methyl sites for hydroxylation is 1. The number of hydrogen-bond donors (Lipinski definition) is 1. The number of carbonyl (C=O) groups is 1. The fourth-order valence-corrected chi connectivity index (χ4v) is 2.18. The van der Waals surface area contributed by atoms with E-state index in [0.717, 1.165) is 22.7 Å². The lowest BCUT2D eigenvalue weighted by Crippen LogP contribution is -2.23. The molecule has 0 aliphatic carbocycles. The standard InChI is InChI=1S/C15H16N2O3/c1-11-5-7-19-14(11)10-16-12-3-2-4-13(9-12)17-6-8-20-15(17)18/h2-5,7,9,16H,6,8,10H2,1H3. The molecule has 2 aromatic rings. The first kappa shape index (κ1) is 12.6. The molecule has 5 heteroatoms. The van der Waals surface area contributed by atoms with Gasteiger partial charge in [0, 0.05) is 11.4 Å². The molecule has 3 rings (SSSR count). The highest BCUT2D eigenvalue weighted by atomic mass is 16.6. The van der Waals surface area contributed by atoms with Crippen LogP contribution in [-0.2, 0) is 11.3 Å². The van der Waals surface area contributed by atoms with Crippen LogP contribution in [0.2, 0.25) is 0 Å². The van der Waals surface area contributed by atoms with Crippen LogP contribution in [-0.4, -0.2) is 19.2 Å². The quantitative estimate of drug-likeness (QED) is 0.929. The number of benzene rings is 1. The highest BCUT2D eigenvalue weighted by Gasteiger charge is 2.23. The highest BCUT2D eigenvalue weighted by Crippen LogP contribution is 2.23. The smallest absolute Gasteiger partial charge is 0.414 e. The molecule has 0 atom stereocenters. The summed E-state index contributed by atoms with van der Waals surface area (Å²) in [4.78, 5) is 13.2. The van der Waals surface area contributed by atoms with Gasteiger partial charge in [0.2, 0.25) is 0 Å². The Morgan fingerprint density at radius 1 is 1.35 bits per heavy atom. The maximum atomic E-state index is 11.5. The molecular weight excluding hydrogens is 256 g/mol. The Bertz CT molecular complexity index is 621. The molecule has 1 N–H and O–H groups in total. The molecule has 1 amide bonds. The molecule has 0 saturated carbocycles. The van der Waals surface area contributed by atoms with Gasteiger partial charge in [0.15, 0.2) is 0 Å². The van der Waals surface area contributed by atoms with Gasteiger partial charge in [-0.25, -0.2) is 4.79 Å². The first-order valence-corrected chi connectivity index (χ1v) is 6.55. The largest absolute Gasteiger partial charge is 0.467 e. The second-order valence-electron chi connectivity index (χ2n) is 4.70. The fraction of sp³-hybridized carbons (Fsp3) is 0.267. The minimum absolute atomic E-state index is 0.288. The second-order valence-corrected chi connectivity index (χ2v) is 4.70. The average Bonchev–Trinajstić information content (AvgIpc) is 3.05. The van der Waals surface area contributed by atoms with Gasteiger partial charge in [0.05, 0.1) is 19.4 Å². The molecule has 0 bridgehead atoms. The monoisotopic (exact) mass is 272 g/mol. The van der Waals surface area contributed by atoms with E-state index < -0.39 is 0 Å². The van der Waals surface area contributed by atoms with E-state index >= 15 is 0 Å². The summed E-state index contributed by atoms with van der Waals surface area (Å²) in [5.74, 6) is 0.913. The van der Waals surface area contributed by atoms with Crippen LogP contribution in [0.15, 0.2) is 41.0 Å². The number of nitrogens with zero attached hydrogens (tertiary/aromatic N) is 1. The minimum atomic E-state index is -0.288. The van der Waals surface area contributed by atoms with Crippen molar-refractivity contribution in [1.29, 1.82) is 0 Å². The molecule has 1 fully saturated rings. The van der Waals surface area contributed by atoms with Gasteiger partial charge < -0.3 is 14.5 Å². The number of amides is 1. The van der Waals surface area contributed by atoms with Crippen LogP contribution in [0, 0.1) is 6.92 Å². The number of rotatable bonds is 4. The number of carbonyl (C=O) groups excluding carboxylic acids is 1. The average molecular weight is 272 g/mol. The zero-order valence-electron chi connectivity index (χ0n) is 11.3. The third-order valence-corrected chi connectivity index (χ3v) is 3.34. The maximum absolute atomic E-state index is 11.5. The molecular formula is C15H16N2O3. The topological polar surface area (TPSA) is 54.7 Å². The van der Waals surface area contributed by atoms with Gasteiger partial charge in [0.25, 0.3) is 0 Å². The molecule has 104 valence electrons. The summed E-state index contributed by atoms with van der Waals surface area (Å²) in [6, 6.07) is 9.65. The molecule has 20 heavy (non-hydrogen) atoms. The van der Waals surface area contributed by atoms with Crippen molar-refractivity contribution in [1.82, 2.24) is 0 Å². The van der Waals surface area contributed by atoms with Crippen LogP contribution >= 0.6 is 0 Å². The van der Waals surface area contributed by atoms with Gasteiger partial charge in [-0.05, 0) is 36.8 Å². The van der Waals surface area contributed by atoms with Crippen molar-refractivity contribution in [2.24, 2.45) is 0 Å². The predicted octanol–water partition coefficient (Wildman–Crippen LogP) is 3.16. The lowest BCUT2D eigenvalue weighted by atomic mass is 10.2. The zero-order valence-corrected chi connectivity index (χ0v) is 11.3. The van der Waals surface area contributed by atoms with Gasteiger partial charge in [0.1, 0.15) is 12.4 Å². The van der Waals surface area contributed by atoms with Gasteiger partial charge in [-0.1, -0.05) is 6.07 Å². The van der Waals surface area contributed by atoms with E-state index in [4.69, 9.17) is 9.15 Å². The van der Waals surface area contributed by atoms with E-state index in [0.29, 0.717) is 19.7 Å². The van der Waals surface area contributed by atoms with E-state index in [1.165, 1.54) is 0 Å². The van der Waals surface area contributed by atoms with Crippen LogP contribution < -0.4 is 10.2 Å². The van der Waals surface area contributed by atoms with E-state index in [2.05, 4.69) is 5.32 Å². The van der Waals surface area contributed by atoms with Crippen LogP contribution in [0.5, 0.6) is 0 Å². The zero-order chi connectivity index (χ0) is 13.9. The van der Waals surface area contributed by atoms with Crippen LogP contribution in [0.25, 0.3) is 0 Å². The lowest BCUT2D eigenvalue weighted by molar-refractivity contribution is 0.181. The van der Waals surface area contributed by atoms with Crippen molar-refractivity contribution in [3.8, 4) is 0 Å². The molecule has 1 aromatic carbocycles. The number of furan rings is 1. The van der Waals surface area contributed by atoms with Gasteiger partial charge in [-0.15, -0.1) is 0 Å². The Hall–Kier alpha value is -2.43. The summed E-state index contributed by atoms with van der Waals surface area (Å²) in [5.41, 5.74) is 2.91. The summed E-state index contributed by atoms with van der Waals surface area (Å²) in [6.07, 6.45) is 1.40. The summed E-state index contributed by atoms with van der Waals surface area (Å²) >= 11 is 0. The Balaban J connectivity index is 1.71. The fourth-order valence-electron chi connectivity index (χ4n) is 2.18. The predicted molar refractivity (Wildman–Crippen MR) is 75.9 cm³/mol. The van der Waals surface area contributed by atoms with Crippen molar-refractivity contribution in [3.05, 3.63) is 47.9 Å². The normalized spacial score (nSPS) is 14.4. The van der Waals surface area contributed by atoms with E-state index in [1.54, 1.807) is 11.2 Å². The van der Waals surface area contributed by atoms with Crippen molar-refractivity contribution in [2.45, 2.75) is 13.5 Å². The maximum Gasteiger partial charge on any atom is 0.414 e. The number of cyclic esters (lactones) is 1. The number of nitrogens with one attached hydrogen (secondary N) is 1. The first-order chi connectivity index (χ1) is 9.74. The van der Waals surface area contributed by atoms with E-state index in [-0.39, 0.29) is 6.09 Å². The molecule has 2 heterocycles. The molecule has 5 nitrogen and oxygen atoms in total. The Kier molecular flexibility index (Phi) is 3.33. The Morgan fingerprint density at radius 3 is 2.95 bits per heavy atom. The highest BCUT2D eigenvalue weighted by molar-refractivity contribution is 5.89. The van der Waals surface area contributed by atoms with E-state index in [9.17, 15) is 4.79 Å². The SMILES string of the molecule is Cc1ccoc1CNc1cccc(N2CCOC2=O)c1. The molecule has 1 saturated heterocycles. The minimum Gasteiger partial charge on any atom is -0.467 e. The lowest BCUT2D eigenvalue weighted by Gasteiger charge is -2.14. The van der Waals surface area contributed by atoms with E-state index in [1.807, 2.05) is 37.3 Å². The van der Waals surface area contributed by atoms with Crippen LogP contribution in [0.1, 0.15) is 11.3 Å². The molecule has 0 unspecified atom stereocenters. The van der Waals surface area contributed by atoms with Crippen molar-refractivity contribution in [2.75, 3.05) is 23.4 Å². The molecule has 0 spiro atoms. The van der Waals surface area contributed by atoms with Crippen molar-refractivity contribution in [3.63, 3.8) is 0 Å². The Morgan fingerprint density at radius 2 is 2.25 bits per heavy atom. The first-order valence-electron chi connectivity index (χ1n) is 6.55. The second kappa shape index (κ2) is 5.28. The summed E-state index contributed by atoms with van der Waals surface area (Å²) < 4.78 is 10.3. The summed E-state index contributed by atoms with van der Waals surface area (Å²) in [6.45, 7) is 3.67. The molecule has 0 radical (unpaired) electrons. The number of anilines is 2. The van der Waals surface area contributed by atoms with Crippen molar-refractivity contribution >= 4 is 17.5 Å². The van der Waals surface area contributed by atoms with Gasteiger partial charge in [-0.2, -0.15) is 0 Å². The summed E-state index contributed by atoms with van der Waals surface area (Å²) in [5, 5.41) is 3.29. The van der Waals surface area contributed by atoms with Gasteiger partial charge in [-0.3, -0.25) is 4.90 Å². The van der Waals surface area contributed by atoms with Crippen LogP contribution in [0.4, 0.5) is 16.2 Å². The molecule has 1 aromatic heterocycles. The molecule has 1 aliphatic heterocycles. The summed E-state index contributed by atoms with van der Waals surface area (Å²) in [7, 11) is 0. The van der Waals surface area contributed by atoms with Crippen molar-refractivity contribution < 1.29 is 13.9 Å². The van der Waals surface area contributed by atoms with Crippen LogP contribution in [0.3, 0.4) is 0 Å². The molecule has 1 aliphatic rings. The van der Waals surface area contributed by atoms with Gasteiger partial charge >= 0.3 is 6.09 Å². The Labute approximate surface area is 117 Å². The third kappa shape index (κ3) is 2.47.